The van der Waals surface area contributed by atoms with E-state index in [1.165, 1.54) is 21.1 Å². The Bertz CT molecular complexity index is 230. The molecule has 0 rings (SSSR count). The Balaban J connectivity index is 4.32. The van der Waals surface area contributed by atoms with Crippen LogP contribution in [-0.4, -0.2) is 20.1 Å². The van der Waals surface area contributed by atoms with E-state index in [1.807, 2.05) is 0 Å². The first-order valence-corrected chi connectivity index (χ1v) is 4.69. The second-order valence-electron chi connectivity index (χ2n) is 2.08. The minimum absolute atomic E-state index is 0.240. The molecule has 0 heterocycles. The van der Waals surface area contributed by atoms with Gasteiger partial charge in [0, 0.05) is 19.8 Å². The van der Waals surface area contributed by atoms with Crippen molar-refractivity contribution in [2.75, 3.05) is 14.2 Å². The number of amides is 1. The fourth-order valence-electron chi connectivity index (χ4n) is 0.386. The summed E-state index contributed by atoms with van der Waals surface area (Å²) in [7, 11) is -1.08. The van der Waals surface area contributed by atoms with Gasteiger partial charge in [0.05, 0.1) is 0 Å². The molecule has 0 fully saturated rings. The number of hydrogen-bond acceptors (Lipinski definition) is 4. The highest BCUT2D eigenvalue weighted by Gasteiger charge is 2.23. The summed E-state index contributed by atoms with van der Waals surface area (Å²) in [6.45, 7) is 4.85. The third kappa shape index (κ3) is 3.17. The molecule has 12 heavy (non-hydrogen) atoms. The quantitative estimate of drug-likeness (QED) is 0.536. The van der Waals surface area contributed by atoms with Crippen molar-refractivity contribution in [1.29, 1.82) is 0 Å². The Hall–Kier alpha value is -0.640. The van der Waals surface area contributed by atoms with Crippen LogP contribution in [0.25, 0.3) is 0 Å². The fourth-order valence-corrected chi connectivity index (χ4v) is 1.16. The molecule has 70 valence electrons. The van der Waals surface area contributed by atoms with Crippen LogP contribution in [0.3, 0.4) is 0 Å². The van der Waals surface area contributed by atoms with Crippen LogP contribution in [0.15, 0.2) is 12.2 Å². The smallest absolute Gasteiger partial charge is 0.296 e. The summed E-state index contributed by atoms with van der Waals surface area (Å²) in [6.07, 6.45) is 0. The van der Waals surface area contributed by atoms with Crippen molar-refractivity contribution in [1.82, 2.24) is 5.09 Å². The molecule has 0 atom stereocenters. The van der Waals surface area contributed by atoms with Crippen LogP contribution in [0.5, 0.6) is 0 Å². The monoisotopic (exact) mass is 193 g/mol. The largest absolute Gasteiger partial charge is 0.434 e. The molecule has 1 N–H and O–H groups in total. The van der Waals surface area contributed by atoms with Crippen LogP contribution < -0.4 is 5.09 Å². The molecule has 0 aromatic heterocycles. The first-order chi connectivity index (χ1) is 5.45. The van der Waals surface area contributed by atoms with Crippen molar-refractivity contribution in [3.8, 4) is 0 Å². The topological polar surface area (TPSA) is 64.6 Å². The molecule has 1 amide bonds. The summed E-state index contributed by atoms with van der Waals surface area (Å²) in [5.41, 5.74) is 0.240. The van der Waals surface area contributed by atoms with Gasteiger partial charge in [-0.1, -0.05) is 6.58 Å². The lowest BCUT2D eigenvalue weighted by atomic mass is 10.3. The SMILES string of the molecule is C=C(C)C(=O)NP(=O)(OC)OC. The van der Waals surface area contributed by atoms with Gasteiger partial charge in [0.25, 0.3) is 5.91 Å². The van der Waals surface area contributed by atoms with Crippen molar-refractivity contribution < 1.29 is 18.4 Å². The van der Waals surface area contributed by atoms with E-state index in [1.54, 1.807) is 0 Å². The summed E-state index contributed by atoms with van der Waals surface area (Å²) in [6, 6.07) is 0. The normalized spacial score (nSPS) is 10.9. The Morgan fingerprint density at radius 1 is 1.42 bits per heavy atom. The minimum atomic E-state index is -3.45. The number of nitrogens with one attached hydrogen (secondary N) is 1. The van der Waals surface area contributed by atoms with Crippen molar-refractivity contribution in [2.45, 2.75) is 6.92 Å². The van der Waals surface area contributed by atoms with Gasteiger partial charge in [-0.25, -0.2) is 4.57 Å². The first-order valence-electron chi connectivity index (χ1n) is 3.15. The summed E-state index contributed by atoms with van der Waals surface area (Å²) in [5.74, 6) is -0.554. The van der Waals surface area contributed by atoms with Gasteiger partial charge in [-0.2, -0.15) is 0 Å². The van der Waals surface area contributed by atoms with Crippen molar-refractivity contribution in [3.05, 3.63) is 12.2 Å². The lowest BCUT2D eigenvalue weighted by Crippen LogP contribution is -2.22. The number of carbonyl (C=O) groups is 1. The zero-order valence-electron chi connectivity index (χ0n) is 7.29. The third-order valence-corrected chi connectivity index (χ3v) is 2.55. The molecule has 0 aliphatic carbocycles. The van der Waals surface area contributed by atoms with Gasteiger partial charge in [-0.3, -0.25) is 18.9 Å². The summed E-state index contributed by atoms with van der Waals surface area (Å²) < 4.78 is 20.2. The van der Waals surface area contributed by atoms with Crippen molar-refractivity contribution >= 4 is 13.7 Å². The Kier molecular flexibility index (Phi) is 4.17. The zero-order valence-corrected chi connectivity index (χ0v) is 8.18. The summed E-state index contributed by atoms with van der Waals surface area (Å²) in [5, 5.41) is 2.06. The first kappa shape index (κ1) is 11.4. The molecule has 0 bridgehead atoms. The Morgan fingerprint density at radius 2 is 1.83 bits per heavy atom. The molecule has 0 saturated heterocycles. The van der Waals surface area contributed by atoms with Crippen LogP contribution in [0, 0.1) is 0 Å². The van der Waals surface area contributed by atoms with E-state index >= 15 is 0 Å². The highest BCUT2D eigenvalue weighted by Crippen LogP contribution is 2.41. The van der Waals surface area contributed by atoms with E-state index < -0.39 is 13.7 Å². The van der Waals surface area contributed by atoms with E-state index in [2.05, 4.69) is 20.7 Å². The molecule has 0 aliphatic heterocycles. The van der Waals surface area contributed by atoms with Gasteiger partial charge >= 0.3 is 7.75 Å². The highest BCUT2D eigenvalue weighted by molar-refractivity contribution is 7.52. The van der Waals surface area contributed by atoms with Gasteiger partial charge in [0.15, 0.2) is 0 Å². The molecule has 0 radical (unpaired) electrons. The van der Waals surface area contributed by atoms with Crippen LogP contribution in [-0.2, 0) is 18.4 Å². The van der Waals surface area contributed by atoms with Crippen LogP contribution in [0.4, 0.5) is 0 Å². The second kappa shape index (κ2) is 4.40. The minimum Gasteiger partial charge on any atom is -0.296 e. The Labute approximate surface area is 71.3 Å². The molecule has 5 nitrogen and oxygen atoms in total. The molecule has 0 unspecified atom stereocenters. The van der Waals surface area contributed by atoms with Crippen molar-refractivity contribution in [2.24, 2.45) is 0 Å². The molecule has 0 aliphatic rings. The molecule has 0 saturated carbocycles. The summed E-state index contributed by atoms with van der Waals surface area (Å²) >= 11 is 0. The van der Waals surface area contributed by atoms with E-state index in [0.29, 0.717) is 0 Å². The van der Waals surface area contributed by atoms with Gasteiger partial charge in [0.2, 0.25) is 0 Å². The van der Waals surface area contributed by atoms with Crippen LogP contribution in [0.2, 0.25) is 0 Å². The standard InChI is InChI=1S/C6H12NO4P/c1-5(2)6(8)7-12(9,10-3)11-4/h1H2,2-4H3,(H,7,8,9). The predicted octanol–water partition coefficient (Wildman–Crippen LogP) is 1.08. The van der Waals surface area contributed by atoms with Gasteiger partial charge < -0.3 is 0 Å². The lowest BCUT2D eigenvalue weighted by Gasteiger charge is -2.13. The van der Waals surface area contributed by atoms with Crippen LogP contribution >= 0.6 is 7.75 Å². The second-order valence-corrected chi connectivity index (χ2v) is 4.03. The zero-order chi connectivity index (χ0) is 9.78. The molecular formula is C6H12NO4P. The van der Waals surface area contributed by atoms with Crippen LogP contribution in [0.1, 0.15) is 6.92 Å². The Morgan fingerprint density at radius 3 is 2.08 bits per heavy atom. The predicted molar refractivity (Wildman–Crippen MR) is 44.6 cm³/mol. The maximum Gasteiger partial charge on any atom is 0.434 e. The molecule has 6 heteroatoms. The number of hydrogen-bond donors (Lipinski definition) is 1. The van der Waals surface area contributed by atoms with E-state index in [0.717, 1.165) is 0 Å². The maximum atomic E-state index is 11.2. The lowest BCUT2D eigenvalue weighted by molar-refractivity contribution is -0.116. The highest BCUT2D eigenvalue weighted by atomic mass is 31.2. The van der Waals surface area contributed by atoms with Gasteiger partial charge in [-0.15, -0.1) is 0 Å². The number of carbonyl (C=O) groups excluding carboxylic acids is 1. The number of rotatable bonds is 4. The molecule has 0 aromatic rings. The van der Waals surface area contributed by atoms with Gasteiger partial charge in [0.1, 0.15) is 0 Å². The van der Waals surface area contributed by atoms with E-state index in [4.69, 9.17) is 0 Å². The molecule has 0 aromatic carbocycles. The van der Waals surface area contributed by atoms with E-state index in [9.17, 15) is 9.36 Å². The summed E-state index contributed by atoms with van der Waals surface area (Å²) in [4.78, 5) is 10.9. The third-order valence-electron chi connectivity index (χ3n) is 1.11. The average molecular weight is 193 g/mol. The molecule has 0 spiro atoms. The van der Waals surface area contributed by atoms with Gasteiger partial charge in [-0.05, 0) is 6.92 Å². The molecular weight excluding hydrogens is 181 g/mol. The van der Waals surface area contributed by atoms with Crippen molar-refractivity contribution in [3.63, 3.8) is 0 Å². The van der Waals surface area contributed by atoms with E-state index in [-0.39, 0.29) is 5.57 Å². The maximum absolute atomic E-state index is 11.2. The fraction of sp³-hybridized carbons (Fsp3) is 0.500. The average Bonchev–Trinajstić information content (AvgIpc) is 2.04.